The Kier molecular flexibility index (Phi) is 25.4. The fraction of sp³-hybridized carbons (Fsp3) is 0.390. The molecule has 380 valence electrons. The van der Waals surface area contributed by atoms with Crippen molar-refractivity contribution in [2.75, 3.05) is 52.4 Å². The van der Waals surface area contributed by atoms with Gasteiger partial charge in [-0.05, 0) is 92.5 Å². The van der Waals surface area contributed by atoms with Gasteiger partial charge in [-0.3, -0.25) is 0 Å². The van der Waals surface area contributed by atoms with Gasteiger partial charge in [-0.25, -0.2) is 0 Å². The van der Waals surface area contributed by atoms with Gasteiger partial charge in [0.1, 0.15) is 37.7 Å². The Morgan fingerprint density at radius 2 is 0.571 bits per heavy atom. The maximum Gasteiger partial charge on any atom is 0.139 e. The van der Waals surface area contributed by atoms with Crippen molar-refractivity contribution < 1.29 is 74.0 Å². The molecular weight excluding hydrogens is 984 g/mol. The predicted molar refractivity (Wildman–Crippen MR) is 285 cm³/mol. The van der Waals surface area contributed by atoms with Crippen molar-refractivity contribution in [1.82, 2.24) is 0 Å². The van der Waals surface area contributed by atoms with E-state index in [1.54, 1.807) is 19.6 Å². The lowest BCUT2D eigenvalue weighted by atomic mass is 9.76. The average molecular weight is 1070 g/mol. The van der Waals surface area contributed by atoms with Crippen LogP contribution in [0.4, 0.5) is 0 Å². The molecule has 7 rings (SSSR count). The van der Waals surface area contributed by atoms with E-state index in [-0.39, 0.29) is 55.0 Å². The van der Waals surface area contributed by atoms with Gasteiger partial charge < -0.3 is 74.0 Å². The van der Waals surface area contributed by atoms with Crippen LogP contribution in [0.25, 0.3) is 0 Å². The highest BCUT2D eigenvalue weighted by Crippen LogP contribution is 2.52. The number of ether oxygens (including phenoxy) is 1. The Morgan fingerprint density at radius 3 is 0.786 bits per heavy atom. The summed E-state index contributed by atoms with van der Waals surface area (Å²) in [4.78, 5) is 6.41. The van der Waals surface area contributed by atoms with Crippen molar-refractivity contribution in [3.8, 4) is 11.5 Å². The van der Waals surface area contributed by atoms with E-state index < -0.39 is 15.8 Å². The Balaban J connectivity index is 0.00000324. The predicted octanol–water partition coefficient (Wildman–Crippen LogP) is -6.65. The minimum Gasteiger partial charge on any atom is -1.00 e. The van der Waals surface area contributed by atoms with E-state index >= 15 is 0 Å². The third-order valence-corrected chi connectivity index (χ3v) is 19.5. The molecule has 0 radical (unpaired) electrons. The second-order valence-electron chi connectivity index (χ2n) is 18.9. The van der Waals surface area contributed by atoms with Crippen molar-refractivity contribution in [3.05, 3.63) is 167 Å². The van der Waals surface area contributed by atoms with Gasteiger partial charge in [0, 0.05) is 49.4 Å². The minimum atomic E-state index is -0.950. The van der Waals surface area contributed by atoms with E-state index in [1.807, 2.05) is 0 Å². The zero-order chi connectivity index (χ0) is 46.8. The molecule has 0 amide bonds. The van der Waals surface area contributed by atoms with Gasteiger partial charge in [0.05, 0.1) is 52.4 Å². The molecule has 4 N–H and O–H groups in total. The number of fused-ring (bicyclic) bond motifs is 2. The number of halogens is 4. The average Bonchev–Trinajstić information content (AvgIpc) is 3.35. The third-order valence-electron chi connectivity index (χ3n) is 14.6. The first-order valence-electron chi connectivity index (χ1n) is 25.3. The Morgan fingerprint density at radius 1 is 0.343 bits per heavy atom. The first-order valence-corrected chi connectivity index (χ1v) is 28.0. The van der Waals surface area contributed by atoms with Gasteiger partial charge in [-0.2, -0.15) is 0 Å². The van der Waals surface area contributed by atoms with Crippen LogP contribution in [0.15, 0.2) is 133 Å². The zero-order valence-electron chi connectivity index (χ0n) is 43.5. The quantitative estimate of drug-likeness (QED) is 0.0502. The molecule has 0 unspecified atom stereocenters. The van der Waals surface area contributed by atoms with E-state index in [0.29, 0.717) is 0 Å². The largest absolute Gasteiger partial charge is 1.00 e. The number of para-hydroxylation sites is 2. The normalized spacial score (nSPS) is 12.5. The molecule has 5 nitrogen and oxygen atoms in total. The smallest absolute Gasteiger partial charge is 0.139 e. The van der Waals surface area contributed by atoms with Crippen molar-refractivity contribution in [2.24, 2.45) is 0 Å². The van der Waals surface area contributed by atoms with Crippen LogP contribution in [0.2, 0.25) is 0 Å². The molecule has 0 aliphatic carbocycles. The van der Waals surface area contributed by atoms with Crippen molar-refractivity contribution in [1.29, 1.82) is 0 Å². The topological polar surface area (TPSA) is 27.0 Å². The molecule has 0 aromatic heterocycles. The summed E-state index contributed by atoms with van der Waals surface area (Å²) in [6.07, 6.45) is 0. The third kappa shape index (κ3) is 14.2. The van der Waals surface area contributed by atoms with Gasteiger partial charge in [0.2, 0.25) is 0 Å². The Labute approximate surface area is 450 Å². The molecular formula is C59H80Cl4N4OP2. The maximum atomic E-state index is 7.66. The van der Waals surface area contributed by atoms with E-state index in [1.165, 1.54) is 65.2 Å². The van der Waals surface area contributed by atoms with Crippen LogP contribution >= 0.6 is 15.8 Å². The first-order chi connectivity index (χ1) is 32.1. The molecule has 0 fully saturated rings. The molecule has 0 bridgehead atoms. The number of quaternary nitrogens is 4. The molecule has 1 aliphatic rings. The molecule has 0 saturated heterocycles. The summed E-state index contributed by atoms with van der Waals surface area (Å²) in [6.45, 7) is 36.4. The van der Waals surface area contributed by atoms with E-state index in [2.05, 4.69) is 203 Å². The summed E-state index contributed by atoms with van der Waals surface area (Å²) < 4.78 is 7.66. The molecule has 6 aromatic rings. The number of benzene rings is 6. The number of nitrogens with one attached hydrogen (secondary N) is 4. The minimum absolute atomic E-state index is 0. The fourth-order valence-corrected chi connectivity index (χ4v) is 14.6. The van der Waals surface area contributed by atoms with Crippen LogP contribution in [-0.2, 0) is 31.6 Å². The molecule has 0 saturated carbocycles. The molecule has 0 atom stereocenters. The highest BCUT2D eigenvalue weighted by Gasteiger charge is 2.39. The monoisotopic (exact) mass is 1060 g/mol. The lowest BCUT2D eigenvalue weighted by Gasteiger charge is -2.38. The second-order valence-corrected chi connectivity index (χ2v) is 23.3. The van der Waals surface area contributed by atoms with Crippen LogP contribution in [0.5, 0.6) is 11.5 Å². The standard InChI is InChI=1S/C59H76N4OP2.4ClH/c1-11-60(12-2)41-45-25-33-49(34-26-45)65(50-35-27-46(28-36-50)42-61(13-3)14-4)55-23-19-21-53-57(55)64-58-54(59(53,9)10)22-20-24-56(58)66(51-37-29-47(30-38-51)43-62(15-5)16-6)52-39-31-48(32-40-52)44-63(17-7)18-8;;;;/h19-40H,11-18,41-44H2,1-10H3;4*1H. The lowest BCUT2D eigenvalue weighted by Crippen LogP contribution is -3.10. The number of rotatable bonds is 22. The SMILES string of the molecule is CC[NH+](CC)Cc1ccc(P(c2ccc(C[NH+](CC)CC)cc2)c2cccc3c2Oc2c(P(c4ccc(C[NH+](CC)CC)cc4)c4ccc(C[NH+](CC)CC)cc4)cccc2C3(C)C)cc1.[Cl-].[Cl-].[Cl-].[Cl-]. The summed E-state index contributed by atoms with van der Waals surface area (Å²) in [5, 5.41) is 8.02. The van der Waals surface area contributed by atoms with Gasteiger partial charge in [-0.15, -0.1) is 0 Å². The summed E-state index contributed by atoms with van der Waals surface area (Å²) in [5.74, 6) is 2.07. The first kappa shape index (κ1) is 61.3. The van der Waals surface area contributed by atoms with Crippen LogP contribution in [0.1, 0.15) is 103 Å². The molecule has 1 heterocycles. The second kappa shape index (κ2) is 29.0. The van der Waals surface area contributed by atoms with Crippen LogP contribution in [0, 0.1) is 0 Å². The Bertz CT molecular complexity index is 2170. The summed E-state index contributed by atoms with van der Waals surface area (Å²) in [7, 11) is -1.90. The molecule has 0 spiro atoms. The van der Waals surface area contributed by atoms with E-state index in [9.17, 15) is 0 Å². The lowest BCUT2D eigenvalue weighted by molar-refractivity contribution is -0.910. The van der Waals surface area contributed by atoms with E-state index in [0.717, 1.165) is 90.0 Å². The fourth-order valence-electron chi connectivity index (χ4n) is 9.91. The van der Waals surface area contributed by atoms with Gasteiger partial charge in [0.15, 0.2) is 0 Å². The van der Waals surface area contributed by atoms with Crippen molar-refractivity contribution in [2.45, 2.75) is 101 Å². The summed E-state index contributed by atoms with van der Waals surface area (Å²) in [6, 6.07) is 52.4. The van der Waals surface area contributed by atoms with Crippen LogP contribution in [-0.4, -0.2) is 52.4 Å². The van der Waals surface area contributed by atoms with Gasteiger partial charge in [-0.1, -0.05) is 147 Å². The van der Waals surface area contributed by atoms with Crippen LogP contribution in [0.3, 0.4) is 0 Å². The number of hydrogen-bond donors (Lipinski definition) is 4. The van der Waals surface area contributed by atoms with Gasteiger partial charge in [0.25, 0.3) is 0 Å². The number of hydrogen-bond acceptors (Lipinski definition) is 1. The van der Waals surface area contributed by atoms with Gasteiger partial charge >= 0.3 is 0 Å². The van der Waals surface area contributed by atoms with E-state index in [4.69, 9.17) is 4.74 Å². The molecule has 1 aliphatic heterocycles. The molecule has 70 heavy (non-hydrogen) atoms. The molecule has 6 aromatic carbocycles. The highest BCUT2D eigenvalue weighted by atomic mass is 35.5. The van der Waals surface area contributed by atoms with Crippen molar-refractivity contribution >= 4 is 47.7 Å². The van der Waals surface area contributed by atoms with Crippen LogP contribution < -0.4 is 106 Å². The highest BCUT2D eigenvalue weighted by molar-refractivity contribution is 7.80. The summed E-state index contributed by atoms with van der Waals surface area (Å²) >= 11 is 0. The van der Waals surface area contributed by atoms with Crippen molar-refractivity contribution in [3.63, 3.8) is 0 Å². The molecule has 11 heteroatoms. The zero-order valence-corrected chi connectivity index (χ0v) is 48.3. The summed E-state index contributed by atoms with van der Waals surface area (Å²) in [5.41, 5.74) is 7.83. The maximum absolute atomic E-state index is 7.66. The Hall–Kier alpha value is -3.02.